The van der Waals surface area contributed by atoms with E-state index >= 15 is 0 Å². The van der Waals surface area contributed by atoms with E-state index < -0.39 is 11.7 Å². The number of carbonyl (C=O) groups is 1. The first-order valence-corrected chi connectivity index (χ1v) is 12.9. The number of rotatable bonds is 5. The van der Waals surface area contributed by atoms with Crippen molar-refractivity contribution >= 4 is 50.0 Å². The maximum atomic E-state index is 12.9. The van der Waals surface area contributed by atoms with E-state index in [-0.39, 0.29) is 5.78 Å². The van der Waals surface area contributed by atoms with Crippen molar-refractivity contribution in [2.75, 3.05) is 0 Å². The van der Waals surface area contributed by atoms with Crippen molar-refractivity contribution in [1.29, 1.82) is 0 Å². The molecule has 0 fully saturated rings. The van der Waals surface area contributed by atoms with Crippen LogP contribution in [0.15, 0.2) is 48.8 Å². The molecule has 0 N–H and O–H groups in total. The third-order valence-corrected chi connectivity index (χ3v) is 7.40. The lowest BCUT2D eigenvalue weighted by atomic mass is 9.90. The lowest BCUT2D eigenvalue weighted by Crippen LogP contribution is -2.27. The number of fused-ring (bicyclic) bond motifs is 2. The van der Waals surface area contributed by atoms with Crippen molar-refractivity contribution in [3.63, 3.8) is 0 Å². The highest BCUT2D eigenvalue weighted by atomic mass is 35.5. The van der Waals surface area contributed by atoms with Gasteiger partial charge < -0.3 is 4.74 Å². The van der Waals surface area contributed by atoms with E-state index in [2.05, 4.69) is 16.1 Å². The minimum absolute atomic E-state index is 0.0433. The first kappa shape index (κ1) is 24.6. The Kier molecular flexibility index (Phi) is 6.19. The molecule has 0 bridgehead atoms. The zero-order valence-electron chi connectivity index (χ0n) is 21.1. The van der Waals surface area contributed by atoms with Crippen LogP contribution in [0.4, 0.5) is 0 Å². The summed E-state index contributed by atoms with van der Waals surface area (Å²) in [6.07, 6.45) is 2.87. The Morgan fingerprint density at radius 2 is 1.81 bits per heavy atom. The van der Waals surface area contributed by atoms with Crippen LogP contribution < -0.4 is 0 Å². The molecule has 3 heterocycles. The predicted molar refractivity (Wildman–Crippen MR) is 147 cm³/mol. The van der Waals surface area contributed by atoms with E-state index in [1.807, 2.05) is 76.0 Å². The van der Waals surface area contributed by atoms with Gasteiger partial charge in [0.2, 0.25) is 0 Å². The molecule has 5 rings (SSSR count). The van der Waals surface area contributed by atoms with E-state index in [0.29, 0.717) is 5.02 Å². The van der Waals surface area contributed by atoms with E-state index in [4.69, 9.17) is 21.3 Å². The summed E-state index contributed by atoms with van der Waals surface area (Å²) in [7, 11) is 1.90. The minimum atomic E-state index is -0.710. The lowest BCUT2D eigenvalue weighted by Gasteiger charge is -2.29. The Labute approximate surface area is 218 Å². The number of carbonyl (C=O) groups excluding carboxylic acids is 1. The van der Waals surface area contributed by atoms with Crippen LogP contribution in [0.25, 0.3) is 42.9 Å². The molecular formula is C28H27ClN4O2S. The Bertz CT molecular complexity index is 1610. The van der Waals surface area contributed by atoms with E-state index in [1.165, 1.54) is 0 Å². The van der Waals surface area contributed by atoms with Crippen LogP contribution >= 0.6 is 22.9 Å². The van der Waals surface area contributed by atoms with Crippen LogP contribution in [0.5, 0.6) is 0 Å². The summed E-state index contributed by atoms with van der Waals surface area (Å²) >= 11 is 7.80. The van der Waals surface area contributed by atoms with Gasteiger partial charge in [0.15, 0.2) is 5.78 Å². The molecule has 2 aromatic carbocycles. The number of benzene rings is 2. The van der Waals surface area contributed by atoms with Crippen molar-refractivity contribution in [3.05, 3.63) is 64.9 Å². The minimum Gasteiger partial charge on any atom is -0.360 e. The highest BCUT2D eigenvalue weighted by Crippen LogP contribution is 2.44. The molecule has 0 saturated heterocycles. The maximum absolute atomic E-state index is 12.9. The molecule has 0 amide bonds. The molecule has 5 aromatic rings. The largest absolute Gasteiger partial charge is 0.360 e. The van der Waals surface area contributed by atoms with Crippen LogP contribution in [-0.4, -0.2) is 31.1 Å². The number of ketones is 1. The molecule has 0 spiro atoms. The number of ether oxygens (including phenoxy) is 1. The topological polar surface area (TPSA) is 69.9 Å². The lowest BCUT2D eigenvalue weighted by molar-refractivity contribution is -0.138. The van der Waals surface area contributed by atoms with Gasteiger partial charge in [-0.3, -0.25) is 14.5 Å². The second-order valence-electron chi connectivity index (χ2n) is 9.97. The smallest absolute Gasteiger partial charge is 0.163 e. The molecule has 0 saturated carbocycles. The van der Waals surface area contributed by atoms with Crippen molar-refractivity contribution in [3.8, 4) is 21.7 Å². The fraction of sp³-hybridized carbons (Fsp3) is 0.286. The SMILES string of the molecule is CC(=O)[C@@H](OC(C)(C)C)c1c(C)cc2nc(-c3cnc4cnn(C)c4c3)sc2c1-c1ccc(Cl)cc1. The standard InChI is InChI=1S/C28H27ClN4O2S/c1-15-11-20-26(36-27(32-20)18-12-22-21(30-13-18)14-31-33(22)6)24(17-7-9-19(29)10-8-17)23(15)25(16(2)34)35-28(3,4)5/h7-14,25H,1-6H3/t25-/m1/s1. The molecule has 184 valence electrons. The zero-order chi connectivity index (χ0) is 25.8. The number of thiazole rings is 1. The number of aromatic nitrogens is 4. The van der Waals surface area contributed by atoms with E-state index in [0.717, 1.165) is 54.1 Å². The summed E-state index contributed by atoms with van der Waals surface area (Å²) in [4.78, 5) is 22.5. The molecule has 0 unspecified atom stereocenters. The van der Waals surface area contributed by atoms with Crippen LogP contribution in [0.1, 0.15) is 44.9 Å². The normalized spacial score (nSPS) is 13.0. The molecule has 1 atom stereocenters. The summed E-state index contributed by atoms with van der Waals surface area (Å²) in [5.74, 6) is -0.0433. The summed E-state index contributed by atoms with van der Waals surface area (Å²) in [6, 6.07) is 11.8. The van der Waals surface area contributed by atoms with Crippen LogP contribution in [0.2, 0.25) is 5.02 Å². The van der Waals surface area contributed by atoms with Gasteiger partial charge in [-0.05, 0) is 70.0 Å². The zero-order valence-corrected chi connectivity index (χ0v) is 22.7. The van der Waals surface area contributed by atoms with Crippen LogP contribution in [-0.2, 0) is 16.6 Å². The molecule has 6 nitrogen and oxygen atoms in total. The Morgan fingerprint density at radius 1 is 1.08 bits per heavy atom. The van der Waals surface area contributed by atoms with E-state index in [9.17, 15) is 4.79 Å². The monoisotopic (exact) mass is 518 g/mol. The van der Waals surface area contributed by atoms with Crippen LogP contribution in [0, 0.1) is 6.92 Å². The van der Waals surface area contributed by atoms with Gasteiger partial charge in [0.05, 0.1) is 27.5 Å². The number of aryl methyl sites for hydroxylation is 2. The Morgan fingerprint density at radius 3 is 2.47 bits per heavy atom. The summed E-state index contributed by atoms with van der Waals surface area (Å²) in [6.45, 7) is 9.48. The number of Topliss-reactive ketones (excluding diaryl/α,β-unsaturated/α-hetero) is 1. The fourth-order valence-corrected chi connectivity index (χ4v) is 5.65. The average Bonchev–Trinajstić information content (AvgIpc) is 3.40. The number of hydrogen-bond acceptors (Lipinski definition) is 6. The molecule has 36 heavy (non-hydrogen) atoms. The molecule has 0 aliphatic heterocycles. The first-order chi connectivity index (χ1) is 17.0. The summed E-state index contributed by atoms with van der Waals surface area (Å²) < 4.78 is 9.13. The quantitative estimate of drug-likeness (QED) is 0.244. The predicted octanol–water partition coefficient (Wildman–Crippen LogP) is 7.32. The number of hydrogen-bond donors (Lipinski definition) is 0. The number of nitrogens with zero attached hydrogens (tertiary/aromatic N) is 4. The van der Waals surface area contributed by atoms with Crippen molar-refractivity contribution < 1.29 is 9.53 Å². The second kappa shape index (κ2) is 9.07. The van der Waals surface area contributed by atoms with Gasteiger partial charge in [0, 0.05) is 35.0 Å². The molecule has 8 heteroatoms. The second-order valence-corrected chi connectivity index (χ2v) is 11.4. The number of pyridine rings is 1. The Balaban J connectivity index is 1.79. The molecule has 0 radical (unpaired) electrons. The molecule has 0 aliphatic rings. The molecular weight excluding hydrogens is 492 g/mol. The number of halogens is 1. The highest BCUT2D eigenvalue weighted by molar-refractivity contribution is 7.22. The molecule has 0 aliphatic carbocycles. The summed E-state index contributed by atoms with van der Waals surface area (Å²) in [5, 5.41) is 5.81. The average molecular weight is 519 g/mol. The van der Waals surface area contributed by atoms with Gasteiger partial charge in [0.1, 0.15) is 16.6 Å². The third kappa shape index (κ3) is 4.54. The van der Waals surface area contributed by atoms with Gasteiger partial charge >= 0.3 is 0 Å². The summed E-state index contributed by atoms with van der Waals surface area (Å²) in [5.41, 5.74) is 6.79. The highest BCUT2D eigenvalue weighted by Gasteiger charge is 2.30. The Hall–Kier alpha value is -3.13. The van der Waals surface area contributed by atoms with Gasteiger partial charge in [0.25, 0.3) is 0 Å². The fourth-order valence-electron chi connectivity index (χ4n) is 4.42. The van der Waals surface area contributed by atoms with Gasteiger partial charge in [-0.15, -0.1) is 11.3 Å². The van der Waals surface area contributed by atoms with E-state index in [1.54, 1.807) is 24.5 Å². The van der Waals surface area contributed by atoms with Crippen LogP contribution in [0.3, 0.4) is 0 Å². The maximum Gasteiger partial charge on any atom is 0.163 e. The van der Waals surface area contributed by atoms with Gasteiger partial charge in [-0.25, -0.2) is 4.98 Å². The van der Waals surface area contributed by atoms with Crippen molar-refractivity contribution in [2.45, 2.75) is 46.3 Å². The van der Waals surface area contributed by atoms with Crippen molar-refractivity contribution in [2.24, 2.45) is 7.05 Å². The molecule has 3 aromatic heterocycles. The van der Waals surface area contributed by atoms with Gasteiger partial charge in [-0.1, -0.05) is 23.7 Å². The van der Waals surface area contributed by atoms with Gasteiger partial charge in [-0.2, -0.15) is 5.10 Å². The first-order valence-electron chi connectivity index (χ1n) is 11.7. The third-order valence-electron chi connectivity index (χ3n) is 6.01. The van der Waals surface area contributed by atoms with Crippen molar-refractivity contribution in [1.82, 2.24) is 19.7 Å².